The van der Waals surface area contributed by atoms with Gasteiger partial charge in [-0.05, 0) is 25.0 Å². The molecule has 3 heterocycles. The summed E-state index contributed by atoms with van der Waals surface area (Å²) in [6.45, 7) is 4.40. The first-order valence-corrected chi connectivity index (χ1v) is 8.28. The van der Waals surface area contributed by atoms with E-state index in [-0.39, 0.29) is 11.8 Å². The third-order valence-corrected chi connectivity index (χ3v) is 4.72. The van der Waals surface area contributed by atoms with E-state index < -0.39 is 0 Å². The van der Waals surface area contributed by atoms with Crippen LogP contribution in [0.1, 0.15) is 12.8 Å². The quantitative estimate of drug-likeness (QED) is 0.847. The molecule has 6 nitrogen and oxygen atoms in total. The van der Waals surface area contributed by atoms with E-state index in [1.54, 1.807) is 0 Å². The highest BCUT2D eigenvalue weighted by Gasteiger charge is 2.30. The van der Waals surface area contributed by atoms with Gasteiger partial charge in [0.2, 0.25) is 5.91 Å². The van der Waals surface area contributed by atoms with Gasteiger partial charge in [0.15, 0.2) is 5.58 Å². The summed E-state index contributed by atoms with van der Waals surface area (Å²) in [5.41, 5.74) is 1.70. The van der Waals surface area contributed by atoms with Crippen molar-refractivity contribution in [3.8, 4) is 0 Å². The smallest absolute Gasteiger partial charge is 0.298 e. The number of amides is 1. The number of rotatable bonds is 2. The van der Waals surface area contributed by atoms with Crippen LogP contribution < -0.4 is 4.90 Å². The van der Waals surface area contributed by atoms with Crippen LogP contribution >= 0.6 is 0 Å². The average molecular weight is 315 g/mol. The molecule has 0 saturated carbocycles. The Labute approximate surface area is 135 Å². The van der Waals surface area contributed by atoms with Gasteiger partial charge in [-0.1, -0.05) is 12.1 Å². The van der Waals surface area contributed by atoms with Crippen LogP contribution in [0.15, 0.2) is 28.7 Å². The van der Waals surface area contributed by atoms with E-state index in [1.807, 2.05) is 29.2 Å². The fourth-order valence-electron chi connectivity index (χ4n) is 3.35. The van der Waals surface area contributed by atoms with Crippen LogP contribution in [-0.4, -0.2) is 55.2 Å². The van der Waals surface area contributed by atoms with Crippen LogP contribution in [-0.2, 0) is 9.53 Å². The maximum absolute atomic E-state index is 12.5. The number of nitrogens with zero attached hydrogens (tertiary/aromatic N) is 3. The SMILES string of the molecule is O=C(C1CCN(c2nc3ccccc3o2)CC1)N1CCOCC1. The minimum absolute atomic E-state index is 0.119. The molecular formula is C17H21N3O3. The molecule has 1 aromatic heterocycles. The first kappa shape index (κ1) is 14.5. The number of piperidine rings is 1. The fourth-order valence-corrected chi connectivity index (χ4v) is 3.35. The Bertz CT molecular complexity index is 652. The summed E-state index contributed by atoms with van der Waals surface area (Å²) in [6, 6.07) is 8.47. The van der Waals surface area contributed by atoms with Crippen LogP contribution in [0.4, 0.5) is 6.01 Å². The van der Waals surface area contributed by atoms with Crippen LogP contribution in [0, 0.1) is 5.92 Å². The van der Waals surface area contributed by atoms with Crippen molar-refractivity contribution in [2.24, 2.45) is 5.92 Å². The summed E-state index contributed by atoms with van der Waals surface area (Å²) in [5.74, 6) is 0.402. The van der Waals surface area contributed by atoms with Crippen LogP contribution in [0.3, 0.4) is 0 Å². The van der Waals surface area contributed by atoms with E-state index in [4.69, 9.17) is 9.15 Å². The van der Waals surface area contributed by atoms with E-state index >= 15 is 0 Å². The van der Waals surface area contributed by atoms with Gasteiger partial charge >= 0.3 is 0 Å². The Morgan fingerprint density at radius 1 is 1.09 bits per heavy atom. The number of morpholine rings is 1. The number of benzene rings is 1. The molecule has 0 unspecified atom stereocenters. The van der Waals surface area contributed by atoms with Gasteiger partial charge in [-0.3, -0.25) is 4.79 Å². The lowest BCUT2D eigenvalue weighted by Gasteiger charge is -2.34. The largest absolute Gasteiger partial charge is 0.423 e. The number of fused-ring (bicyclic) bond motifs is 1. The van der Waals surface area contributed by atoms with E-state index in [0.29, 0.717) is 19.2 Å². The summed E-state index contributed by atoms with van der Waals surface area (Å²) < 4.78 is 11.1. The number of oxazole rings is 1. The van der Waals surface area contributed by atoms with Crippen molar-refractivity contribution in [2.75, 3.05) is 44.3 Å². The predicted octanol–water partition coefficient (Wildman–Crippen LogP) is 1.90. The summed E-state index contributed by atoms with van der Waals surface area (Å²) in [7, 11) is 0. The maximum atomic E-state index is 12.5. The maximum Gasteiger partial charge on any atom is 0.298 e. The Morgan fingerprint density at radius 3 is 2.57 bits per heavy atom. The highest BCUT2D eigenvalue weighted by Crippen LogP contribution is 2.27. The molecule has 122 valence electrons. The van der Waals surface area contributed by atoms with E-state index in [0.717, 1.165) is 50.1 Å². The Morgan fingerprint density at radius 2 is 1.83 bits per heavy atom. The van der Waals surface area contributed by atoms with Crippen LogP contribution in [0.2, 0.25) is 0 Å². The highest BCUT2D eigenvalue weighted by atomic mass is 16.5. The zero-order valence-corrected chi connectivity index (χ0v) is 13.1. The molecule has 2 aromatic rings. The molecule has 2 aliphatic rings. The second kappa shape index (κ2) is 6.20. The zero-order valence-electron chi connectivity index (χ0n) is 13.1. The Kier molecular flexibility index (Phi) is 3.91. The number of anilines is 1. The molecule has 2 aliphatic heterocycles. The fraction of sp³-hybridized carbons (Fsp3) is 0.529. The van der Waals surface area contributed by atoms with Crippen molar-refractivity contribution in [1.82, 2.24) is 9.88 Å². The standard InChI is InChI=1S/C17H21N3O3/c21-16(19-9-11-22-12-10-19)13-5-7-20(8-6-13)17-18-14-3-1-2-4-15(14)23-17/h1-4,13H,5-12H2. The molecule has 1 amide bonds. The monoisotopic (exact) mass is 315 g/mol. The third-order valence-electron chi connectivity index (χ3n) is 4.72. The van der Waals surface area contributed by atoms with E-state index in [9.17, 15) is 4.79 Å². The van der Waals surface area contributed by atoms with Gasteiger partial charge in [0, 0.05) is 32.1 Å². The van der Waals surface area contributed by atoms with Crippen LogP contribution in [0.5, 0.6) is 0 Å². The summed E-state index contributed by atoms with van der Waals surface area (Å²) in [5, 5.41) is 0. The first-order valence-electron chi connectivity index (χ1n) is 8.28. The van der Waals surface area contributed by atoms with Gasteiger partial charge in [-0.2, -0.15) is 4.98 Å². The molecular weight excluding hydrogens is 294 g/mol. The molecule has 2 fully saturated rings. The van der Waals surface area contributed by atoms with Crippen molar-refractivity contribution in [3.63, 3.8) is 0 Å². The van der Waals surface area contributed by atoms with Crippen molar-refractivity contribution < 1.29 is 13.9 Å². The lowest BCUT2D eigenvalue weighted by molar-refractivity contribution is -0.140. The second-order valence-corrected chi connectivity index (χ2v) is 6.16. The van der Waals surface area contributed by atoms with E-state index in [2.05, 4.69) is 9.88 Å². The third kappa shape index (κ3) is 2.91. The Balaban J connectivity index is 1.39. The molecule has 23 heavy (non-hydrogen) atoms. The van der Waals surface area contributed by atoms with E-state index in [1.165, 1.54) is 0 Å². The molecule has 4 rings (SSSR count). The normalized spacial score (nSPS) is 20.2. The van der Waals surface area contributed by atoms with Crippen molar-refractivity contribution >= 4 is 23.0 Å². The zero-order chi connectivity index (χ0) is 15.6. The number of para-hydroxylation sites is 2. The average Bonchev–Trinajstić information content (AvgIpc) is 3.06. The molecule has 0 atom stereocenters. The molecule has 2 saturated heterocycles. The van der Waals surface area contributed by atoms with Crippen LogP contribution in [0.25, 0.3) is 11.1 Å². The number of aromatic nitrogens is 1. The summed E-state index contributed by atoms with van der Waals surface area (Å²) in [6.07, 6.45) is 1.71. The predicted molar refractivity (Wildman–Crippen MR) is 86.3 cm³/mol. The minimum atomic E-state index is 0.119. The van der Waals surface area contributed by atoms with Crippen molar-refractivity contribution in [3.05, 3.63) is 24.3 Å². The van der Waals surface area contributed by atoms with Gasteiger partial charge in [-0.25, -0.2) is 0 Å². The molecule has 1 aromatic carbocycles. The molecule has 0 aliphatic carbocycles. The molecule has 0 bridgehead atoms. The Hall–Kier alpha value is -2.08. The van der Waals surface area contributed by atoms with Gasteiger partial charge < -0.3 is 19.0 Å². The molecule has 0 radical (unpaired) electrons. The molecule has 0 spiro atoms. The number of carbonyl (C=O) groups excluding carboxylic acids is 1. The lowest BCUT2D eigenvalue weighted by atomic mass is 9.95. The number of ether oxygens (including phenoxy) is 1. The van der Waals surface area contributed by atoms with Crippen molar-refractivity contribution in [2.45, 2.75) is 12.8 Å². The topological polar surface area (TPSA) is 58.8 Å². The number of hydrogen-bond donors (Lipinski definition) is 0. The second-order valence-electron chi connectivity index (χ2n) is 6.16. The summed E-state index contributed by atoms with van der Waals surface area (Å²) in [4.78, 5) is 21.2. The van der Waals surface area contributed by atoms with Crippen molar-refractivity contribution in [1.29, 1.82) is 0 Å². The number of hydrogen-bond acceptors (Lipinski definition) is 5. The minimum Gasteiger partial charge on any atom is -0.423 e. The first-order chi connectivity index (χ1) is 11.3. The highest BCUT2D eigenvalue weighted by molar-refractivity contribution is 5.79. The van der Waals surface area contributed by atoms with Gasteiger partial charge in [-0.15, -0.1) is 0 Å². The van der Waals surface area contributed by atoms with Gasteiger partial charge in [0.25, 0.3) is 6.01 Å². The molecule has 6 heteroatoms. The summed E-state index contributed by atoms with van der Waals surface area (Å²) >= 11 is 0. The van der Waals surface area contributed by atoms with Gasteiger partial charge in [0.1, 0.15) is 5.52 Å². The van der Waals surface area contributed by atoms with Gasteiger partial charge in [0.05, 0.1) is 13.2 Å². The molecule has 0 N–H and O–H groups in total. The number of carbonyl (C=O) groups is 1. The lowest BCUT2D eigenvalue weighted by Crippen LogP contribution is -2.46.